The summed E-state index contributed by atoms with van der Waals surface area (Å²) in [5, 5.41) is 0. The van der Waals surface area contributed by atoms with Crippen LogP contribution in [0.1, 0.15) is 10.4 Å². The highest BCUT2D eigenvalue weighted by molar-refractivity contribution is 7.54. The first kappa shape index (κ1) is 14.6. The Kier molecular flexibility index (Phi) is 5.28. The van der Waals surface area contributed by atoms with E-state index in [0.29, 0.717) is 5.56 Å². The second-order valence-electron chi connectivity index (χ2n) is 3.30. The number of rotatable bonds is 6. The van der Waals surface area contributed by atoms with E-state index in [1.807, 2.05) is 0 Å². The van der Waals surface area contributed by atoms with Crippen LogP contribution in [0.25, 0.3) is 0 Å². The van der Waals surface area contributed by atoms with E-state index in [2.05, 4.69) is 6.58 Å². The lowest BCUT2D eigenvalue weighted by Gasteiger charge is -2.21. The van der Waals surface area contributed by atoms with Crippen molar-refractivity contribution in [2.45, 2.75) is 5.85 Å². The quantitative estimate of drug-likeness (QED) is 0.452. The van der Waals surface area contributed by atoms with Crippen molar-refractivity contribution in [1.29, 1.82) is 0 Å². The van der Waals surface area contributed by atoms with Gasteiger partial charge in [-0.2, -0.15) is 0 Å². The van der Waals surface area contributed by atoms with E-state index >= 15 is 0 Å². The van der Waals surface area contributed by atoms with Gasteiger partial charge in [-0.1, -0.05) is 24.8 Å². The fraction of sp³-hybridized carbons (Fsp3) is 0.250. The van der Waals surface area contributed by atoms with Crippen LogP contribution in [0.2, 0.25) is 0 Å². The van der Waals surface area contributed by atoms with Gasteiger partial charge < -0.3 is 13.8 Å². The van der Waals surface area contributed by atoms with Crippen LogP contribution in [-0.4, -0.2) is 26.0 Å². The molecule has 1 aromatic carbocycles. The molecule has 1 atom stereocenters. The summed E-state index contributed by atoms with van der Waals surface area (Å²) in [7, 11) is -1.09. The van der Waals surface area contributed by atoms with Crippen LogP contribution in [0, 0.1) is 0 Å². The van der Waals surface area contributed by atoms with Crippen molar-refractivity contribution in [2.75, 3.05) is 14.2 Å². The maximum absolute atomic E-state index is 12.1. The molecule has 0 spiro atoms. The van der Waals surface area contributed by atoms with E-state index in [-0.39, 0.29) is 0 Å². The molecule has 0 aliphatic carbocycles. The smallest absolute Gasteiger partial charge is 0.374 e. The molecule has 0 bridgehead atoms. The van der Waals surface area contributed by atoms with Crippen molar-refractivity contribution < 1.29 is 23.1 Å². The minimum Gasteiger partial charge on any atom is -0.441 e. The van der Waals surface area contributed by atoms with Crippen molar-refractivity contribution in [3.8, 4) is 0 Å². The van der Waals surface area contributed by atoms with Gasteiger partial charge in [0.05, 0.1) is 5.56 Å². The van der Waals surface area contributed by atoms with Crippen LogP contribution in [0.3, 0.4) is 0 Å². The third-order valence-electron chi connectivity index (χ3n) is 2.26. The zero-order valence-electron chi connectivity index (χ0n) is 10.2. The Hall–Kier alpha value is -1.42. The Morgan fingerprint density at radius 3 is 2.28 bits per heavy atom. The maximum atomic E-state index is 12.1. The summed E-state index contributed by atoms with van der Waals surface area (Å²) in [6.07, 6.45) is 1.22. The number of hydrogen-bond acceptors (Lipinski definition) is 5. The molecule has 0 fully saturated rings. The third kappa shape index (κ3) is 3.29. The SMILES string of the molecule is C=CC(OC(=O)c1ccccc1)P(=O)(OC)OC. The van der Waals surface area contributed by atoms with Crippen molar-refractivity contribution in [1.82, 2.24) is 0 Å². The summed E-state index contributed by atoms with van der Waals surface area (Å²) in [5.74, 6) is -1.75. The van der Waals surface area contributed by atoms with Gasteiger partial charge in [0.1, 0.15) is 0 Å². The van der Waals surface area contributed by atoms with Gasteiger partial charge in [-0.3, -0.25) is 4.57 Å². The van der Waals surface area contributed by atoms with Gasteiger partial charge in [0, 0.05) is 14.2 Å². The molecule has 0 aromatic heterocycles. The Balaban J connectivity index is 2.85. The monoisotopic (exact) mass is 270 g/mol. The third-order valence-corrected chi connectivity index (χ3v) is 4.22. The van der Waals surface area contributed by atoms with Crippen LogP contribution in [0.15, 0.2) is 43.0 Å². The lowest BCUT2D eigenvalue weighted by Crippen LogP contribution is -2.18. The van der Waals surface area contributed by atoms with E-state index in [9.17, 15) is 9.36 Å². The lowest BCUT2D eigenvalue weighted by atomic mass is 10.2. The number of hydrogen-bond donors (Lipinski definition) is 0. The zero-order valence-corrected chi connectivity index (χ0v) is 11.1. The molecule has 6 heteroatoms. The molecule has 0 heterocycles. The molecule has 0 saturated carbocycles. The van der Waals surface area contributed by atoms with Gasteiger partial charge in [0.2, 0.25) is 5.85 Å². The molecule has 1 aromatic rings. The fourth-order valence-corrected chi connectivity index (χ4v) is 2.32. The normalized spacial score (nSPS) is 12.8. The largest absolute Gasteiger partial charge is 0.441 e. The average Bonchev–Trinajstić information content (AvgIpc) is 2.44. The summed E-state index contributed by atoms with van der Waals surface area (Å²) >= 11 is 0. The Labute approximate surface area is 106 Å². The molecule has 0 aliphatic rings. The molecule has 0 aliphatic heterocycles. The van der Waals surface area contributed by atoms with Crippen LogP contribution < -0.4 is 0 Å². The van der Waals surface area contributed by atoms with Crippen LogP contribution in [0.4, 0.5) is 0 Å². The Morgan fingerprint density at radius 1 is 1.28 bits per heavy atom. The molecule has 1 rings (SSSR count). The predicted octanol–water partition coefficient (Wildman–Crippen LogP) is 2.84. The Bertz CT molecular complexity index is 449. The standard InChI is InChI=1S/C12H15O5P/c1-4-11(18(14,15-2)16-3)17-12(13)10-8-6-5-7-9-10/h4-9,11H,1H2,2-3H3. The highest BCUT2D eigenvalue weighted by Crippen LogP contribution is 2.52. The van der Waals surface area contributed by atoms with Crippen LogP contribution in [-0.2, 0) is 18.3 Å². The molecule has 0 saturated heterocycles. The molecule has 0 radical (unpaired) electrons. The molecular weight excluding hydrogens is 255 g/mol. The average molecular weight is 270 g/mol. The summed E-state index contributed by atoms with van der Waals surface area (Å²) in [6.45, 7) is 3.46. The second kappa shape index (κ2) is 6.50. The topological polar surface area (TPSA) is 61.8 Å². The second-order valence-corrected chi connectivity index (χ2v) is 5.62. The molecule has 0 N–H and O–H groups in total. The van der Waals surface area contributed by atoms with E-state index < -0.39 is 19.4 Å². The lowest BCUT2D eigenvalue weighted by molar-refractivity contribution is 0.0454. The predicted molar refractivity (Wildman–Crippen MR) is 67.5 cm³/mol. The van der Waals surface area contributed by atoms with Gasteiger partial charge in [0.15, 0.2) is 0 Å². The minimum absolute atomic E-state index is 0.350. The number of esters is 1. The van der Waals surface area contributed by atoms with Crippen molar-refractivity contribution in [3.63, 3.8) is 0 Å². The fourth-order valence-electron chi connectivity index (χ4n) is 1.28. The molecule has 5 nitrogen and oxygen atoms in total. The van der Waals surface area contributed by atoms with Crippen molar-refractivity contribution in [3.05, 3.63) is 48.6 Å². The van der Waals surface area contributed by atoms with Gasteiger partial charge in [-0.15, -0.1) is 0 Å². The van der Waals surface area contributed by atoms with E-state index in [1.54, 1.807) is 30.3 Å². The van der Waals surface area contributed by atoms with E-state index in [0.717, 1.165) is 0 Å². The molecule has 1 unspecified atom stereocenters. The van der Waals surface area contributed by atoms with Gasteiger partial charge >= 0.3 is 13.6 Å². The first-order valence-corrected chi connectivity index (χ1v) is 6.78. The molecule has 0 amide bonds. The summed E-state index contributed by atoms with van der Waals surface area (Å²) in [5.41, 5.74) is 0.350. The van der Waals surface area contributed by atoms with Gasteiger partial charge in [0.25, 0.3) is 0 Å². The highest BCUT2D eigenvalue weighted by Gasteiger charge is 2.35. The summed E-state index contributed by atoms with van der Waals surface area (Å²) < 4.78 is 26.6. The number of benzene rings is 1. The van der Waals surface area contributed by atoms with E-state index in [4.69, 9.17) is 13.8 Å². The van der Waals surface area contributed by atoms with Crippen LogP contribution in [0.5, 0.6) is 0 Å². The van der Waals surface area contributed by atoms with Gasteiger partial charge in [-0.25, -0.2) is 4.79 Å². The number of carbonyl (C=O) groups excluding carboxylic acids is 1. The Morgan fingerprint density at radius 2 is 1.83 bits per heavy atom. The zero-order chi connectivity index (χ0) is 13.6. The highest BCUT2D eigenvalue weighted by atomic mass is 31.2. The van der Waals surface area contributed by atoms with Gasteiger partial charge in [-0.05, 0) is 18.2 Å². The van der Waals surface area contributed by atoms with Crippen molar-refractivity contribution in [2.24, 2.45) is 0 Å². The van der Waals surface area contributed by atoms with E-state index in [1.165, 1.54) is 20.3 Å². The maximum Gasteiger partial charge on any atom is 0.374 e. The van der Waals surface area contributed by atoms with Crippen molar-refractivity contribution >= 4 is 13.6 Å². The first-order valence-electron chi connectivity index (χ1n) is 5.17. The minimum atomic E-state index is -3.53. The molecule has 98 valence electrons. The molecular formula is C12H15O5P. The first-order chi connectivity index (χ1) is 8.57. The number of carbonyl (C=O) groups is 1. The summed E-state index contributed by atoms with van der Waals surface area (Å²) in [6, 6.07) is 8.36. The van der Waals surface area contributed by atoms with Crippen LogP contribution >= 0.6 is 7.60 Å². The molecule has 18 heavy (non-hydrogen) atoms. The summed E-state index contributed by atoms with van der Waals surface area (Å²) in [4.78, 5) is 11.8. The number of ether oxygens (including phenoxy) is 1.